The van der Waals surface area contributed by atoms with E-state index in [9.17, 15) is 14.7 Å². The lowest BCUT2D eigenvalue weighted by atomic mass is 10.0. The SMILES string of the molecule is Cc1cc2nc(NC(=O)c3ccc(C(C)(C)O)nc3)cc(N3CCC(NC(N)=O)CC3)n2n1. The maximum atomic E-state index is 12.8. The molecular weight excluding hydrogens is 424 g/mol. The molecule has 174 valence electrons. The average molecular weight is 453 g/mol. The van der Waals surface area contributed by atoms with Crippen LogP contribution in [-0.2, 0) is 5.60 Å². The van der Waals surface area contributed by atoms with E-state index in [2.05, 4.69) is 30.6 Å². The maximum Gasteiger partial charge on any atom is 0.312 e. The quantitative estimate of drug-likeness (QED) is 0.458. The third-order valence-corrected chi connectivity index (χ3v) is 5.59. The van der Waals surface area contributed by atoms with E-state index < -0.39 is 11.6 Å². The molecule has 0 aliphatic carbocycles. The summed E-state index contributed by atoms with van der Waals surface area (Å²) in [6.07, 6.45) is 2.92. The molecule has 11 heteroatoms. The third-order valence-electron chi connectivity index (χ3n) is 5.59. The molecule has 1 saturated heterocycles. The van der Waals surface area contributed by atoms with Crippen LogP contribution in [0.1, 0.15) is 48.4 Å². The van der Waals surface area contributed by atoms with E-state index in [1.165, 1.54) is 6.20 Å². The zero-order valence-corrected chi connectivity index (χ0v) is 18.9. The first-order valence-electron chi connectivity index (χ1n) is 10.8. The number of anilines is 2. The number of fused-ring (bicyclic) bond motifs is 1. The van der Waals surface area contributed by atoms with E-state index in [1.807, 2.05) is 13.0 Å². The number of pyridine rings is 1. The van der Waals surface area contributed by atoms with E-state index in [0.29, 0.717) is 35.8 Å². The number of nitrogens with two attached hydrogens (primary N) is 1. The number of hydrogen-bond donors (Lipinski definition) is 4. The minimum Gasteiger partial charge on any atom is -0.384 e. The van der Waals surface area contributed by atoms with Crippen LogP contribution >= 0.6 is 0 Å². The highest BCUT2D eigenvalue weighted by Gasteiger charge is 2.24. The summed E-state index contributed by atoms with van der Waals surface area (Å²) >= 11 is 0. The predicted octanol–water partition coefficient (Wildman–Crippen LogP) is 1.55. The molecule has 1 aliphatic heterocycles. The smallest absolute Gasteiger partial charge is 0.312 e. The van der Waals surface area contributed by atoms with Gasteiger partial charge >= 0.3 is 6.03 Å². The van der Waals surface area contributed by atoms with Gasteiger partial charge in [-0.15, -0.1) is 0 Å². The van der Waals surface area contributed by atoms with E-state index in [1.54, 1.807) is 36.6 Å². The molecule has 0 aromatic carbocycles. The second kappa shape index (κ2) is 8.66. The van der Waals surface area contributed by atoms with Gasteiger partial charge in [0.1, 0.15) is 17.2 Å². The number of hydrogen-bond acceptors (Lipinski definition) is 7. The standard InChI is InChI=1S/C22H28N8O3/c1-13-10-18-26-17(27-20(31)14-4-5-16(24-12-14)22(2,3)33)11-19(30(18)28-13)29-8-6-15(7-9-29)25-21(23)32/h4-5,10-12,15,33H,6-9H2,1-3H3,(H3,23,25,32)(H,26,27,31). The van der Waals surface area contributed by atoms with Crippen molar-refractivity contribution in [2.75, 3.05) is 23.3 Å². The Labute approximate surface area is 191 Å². The number of aryl methyl sites for hydroxylation is 1. The summed E-state index contributed by atoms with van der Waals surface area (Å²) in [4.78, 5) is 34.8. The number of urea groups is 1. The molecule has 5 N–H and O–H groups in total. The molecule has 11 nitrogen and oxygen atoms in total. The van der Waals surface area contributed by atoms with Crippen molar-refractivity contribution in [3.8, 4) is 0 Å². The number of amides is 3. The summed E-state index contributed by atoms with van der Waals surface area (Å²) in [5.41, 5.74) is 6.42. The van der Waals surface area contributed by atoms with Crippen molar-refractivity contribution >= 4 is 29.2 Å². The Bertz CT molecular complexity index is 1170. The molecule has 4 heterocycles. The number of piperidine rings is 1. The summed E-state index contributed by atoms with van der Waals surface area (Å²) < 4.78 is 1.76. The summed E-state index contributed by atoms with van der Waals surface area (Å²) in [6, 6.07) is 6.40. The third kappa shape index (κ3) is 5.03. The lowest BCUT2D eigenvalue weighted by molar-refractivity contribution is 0.0737. The van der Waals surface area contributed by atoms with Crippen molar-refractivity contribution in [2.24, 2.45) is 5.73 Å². The van der Waals surface area contributed by atoms with Gasteiger partial charge in [-0.2, -0.15) is 9.61 Å². The fourth-order valence-corrected chi connectivity index (χ4v) is 3.90. The van der Waals surface area contributed by atoms with Crippen molar-refractivity contribution in [2.45, 2.75) is 45.3 Å². The monoisotopic (exact) mass is 452 g/mol. The van der Waals surface area contributed by atoms with Gasteiger partial charge in [-0.25, -0.2) is 9.78 Å². The van der Waals surface area contributed by atoms with Crippen LogP contribution in [0.4, 0.5) is 16.4 Å². The normalized spacial score (nSPS) is 15.0. The zero-order valence-electron chi connectivity index (χ0n) is 18.9. The van der Waals surface area contributed by atoms with Crippen LogP contribution < -0.4 is 21.3 Å². The Morgan fingerprint density at radius 3 is 2.55 bits per heavy atom. The highest BCUT2D eigenvalue weighted by Crippen LogP contribution is 2.25. The van der Waals surface area contributed by atoms with Gasteiger partial charge in [0, 0.05) is 37.5 Å². The lowest BCUT2D eigenvalue weighted by Crippen LogP contribution is -2.46. The Hall–Kier alpha value is -3.73. The number of aromatic nitrogens is 4. The van der Waals surface area contributed by atoms with Crippen LogP contribution in [0.3, 0.4) is 0 Å². The number of aliphatic hydroxyl groups is 1. The van der Waals surface area contributed by atoms with Crippen molar-refractivity contribution in [3.05, 3.63) is 47.4 Å². The molecular formula is C22H28N8O3. The minimum absolute atomic E-state index is 0.0361. The van der Waals surface area contributed by atoms with Crippen LogP contribution in [0.2, 0.25) is 0 Å². The van der Waals surface area contributed by atoms with Gasteiger partial charge < -0.3 is 26.4 Å². The van der Waals surface area contributed by atoms with Gasteiger partial charge in [-0.3, -0.25) is 9.78 Å². The Morgan fingerprint density at radius 2 is 1.94 bits per heavy atom. The fraction of sp³-hybridized carbons (Fsp3) is 0.409. The van der Waals surface area contributed by atoms with Gasteiger partial charge in [0.05, 0.1) is 17.0 Å². The number of carbonyl (C=O) groups is 2. The van der Waals surface area contributed by atoms with Crippen LogP contribution in [0.25, 0.3) is 5.65 Å². The first-order chi connectivity index (χ1) is 15.6. The molecule has 4 rings (SSSR count). The topological polar surface area (TPSA) is 151 Å². The highest BCUT2D eigenvalue weighted by molar-refractivity contribution is 6.03. The van der Waals surface area contributed by atoms with Gasteiger partial charge in [0.15, 0.2) is 5.65 Å². The fourth-order valence-electron chi connectivity index (χ4n) is 3.90. The predicted molar refractivity (Wildman–Crippen MR) is 123 cm³/mol. The average Bonchev–Trinajstić information content (AvgIpc) is 3.13. The van der Waals surface area contributed by atoms with Crippen molar-refractivity contribution < 1.29 is 14.7 Å². The van der Waals surface area contributed by atoms with Crippen molar-refractivity contribution in [1.29, 1.82) is 0 Å². The van der Waals surface area contributed by atoms with Gasteiger partial charge in [0.2, 0.25) is 0 Å². The molecule has 3 amide bonds. The molecule has 1 fully saturated rings. The molecule has 0 saturated carbocycles. The van der Waals surface area contributed by atoms with Crippen LogP contribution in [0.15, 0.2) is 30.5 Å². The summed E-state index contributed by atoms with van der Waals surface area (Å²) in [5, 5.41) is 20.2. The minimum atomic E-state index is -1.09. The maximum absolute atomic E-state index is 12.8. The molecule has 1 aliphatic rings. The lowest BCUT2D eigenvalue weighted by Gasteiger charge is -2.33. The number of carbonyl (C=O) groups excluding carboxylic acids is 2. The van der Waals surface area contributed by atoms with Gasteiger partial charge in [0.25, 0.3) is 5.91 Å². The van der Waals surface area contributed by atoms with Gasteiger partial charge in [-0.1, -0.05) is 0 Å². The number of nitrogens with one attached hydrogen (secondary N) is 2. The Morgan fingerprint density at radius 1 is 1.21 bits per heavy atom. The van der Waals surface area contributed by atoms with Crippen molar-refractivity contribution in [1.82, 2.24) is 24.9 Å². The summed E-state index contributed by atoms with van der Waals surface area (Å²) in [7, 11) is 0. The molecule has 3 aromatic heterocycles. The molecule has 0 unspecified atom stereocenters. The molecule has 0 spiro atoms. The van der Waals surface area contributed by atoms with Crippen LogP contribution in [0, 0.1) is 6.92 Å². The van der Waals surface area contributed by atoms with Crippen molar-refractivity contribution in [3.63, 3.8) is 0 Å². The Kier molecular flexibility index (Phi) is 5.90. The second-order valence-corrected chi connectivity index (χ2v) is 8.77. The highest BCUT2D eigenvalue weighted by atomic mass is 16.3. The van der Waals surface area contributed by atoms with E-state index in [4.69, 9.17) is 5.73 Å². The Balaban J connectivity index is 1.56. The molecule has 0 bridgehead atoms. The molecule has 3 aromatic rings. The van der Waals surface area contributed by atoms with E-state index >= 15 is 0 Å². The van der Waals surface area contributed by atoms with Crippen LogP contribution in [0.5, 0.6) is 0 Å². The first-order valence-corrected chi connectivity index (χ1v) is 10.8. The summed E-state index contributed by atoms with van der Waals surface area (Å²) in [5.74, 6) is 0.843. The number of nitrogens with zero attached hydrogens (tertiary/aromatic N) is 5. The molecule has 33 heavy (non-hydrogen) atoms. The van der Waals surface area contributed by atoms with Crippen LogP contribution in [-0.4, -0.2) is 55.8 Å². The second-order valence-electron chi connectivity index (χ2n) is 8.77. The number of rotatable bonds is 5. The molecule has 0 atom stereocenters. The van der Waals surface area contributed by atoms with Gasteiger partial charge in [-0.05, 0) is 45.7 Å². The number of primary amides is 1. The van der Waals surface area contributed by atoms with E-state index in [-0.39, 0.29) is 11.9 Å². The first kappa shape index (κ1) is 22.5. The zero-order chi connectivity index (χ0) is 23.8. The summed E-state index contributed by atoms with van der Waals surface area (Å²) in [6.45, 7) is 6.54. The molecule has 0 radical (unpaired) electrons. The van der Waals surface area contributed by atoms with E-state index in [0.717, 1.165) is 24.4 Å². The largest absolute Gasteiger partial charge is 0.384 e.